The number of rotatable bonds is 6. The molecule has 286 valence electrons. The molecule has 61 heavy (non-hydrogen) atoms. The molecular weight excluding hydrogens is 760 g/mol. The van der Waals surface area contributed by atoms with E-state index >= 15 is 0 Å². The van der Waals surface area contributed by atoms with Crippen LogP contribution in [0.5, 0.6) is 23.0 Å². The van der Waals surface area contributed by atoms with Crippen LogP contribution in [0.15, 0.2) is 218 Å². The van der Waals surface area contributed by atoms with Gasteiger partial charge in [0.2, 0.25) is 0 Å². The number of hydrogen-bond donors (Lipinski definition) is 0. The predicted octanol–water partition coefficient (Wildman–Crippen LogP) is 8.18. The van der Waals surface area contributed by atoms with Crippen molar-refractivity contribution in [2.24, 2.45) is 0 Å². The van der Waals surface area contributed by atoms with Crippen LogP contribution in [-0.4, -0.2) is 20.6 Å². The van der Waals surface area contributed by atoms with E-state index in [4.69, 9.17) is 9.47 Å². The topological polar surface area (TPSA) is 35.5 Å². The standard InChI is InChI=1S/C56H37BO3Si/c58-56(38-16-4-1-5-17-38)39-30-28-37(29-31-39)41-35-50-55-51(36-41)60-49-34-40(32-33-47(49)57(55)46-24-12-13-25-48(46)59-50)54-44-22-10-14-26-52(44)61(42-18-6-2-7-19-42,43-20-8-3-9-21-43)53-27-15-11-23-45(53)54/h1-36,54H. The summed E-state index contributed by atoms with van der Waals surface area (Å²) in [5, 5.41) is 5.60. The number of fused-ring (bicyclic) bond motifs is 6. The average Bonchev–Trinajstić information content (AvgIpc) is 3.33. The van der Waals surface area contributed by atoms with Crippen molar-refractivity contribution in [1.29, 1.82) is 0 Å². The summed E-state index contributed by atoms with van der Waals surface area (Å²) in [4.78, 5) is 13.3. The van der Waals surface area contributed by atoms with Gasteiger partial charge in [-0.1, -0.05) is 194 Å². The molecule has 0 amide bonds. The van der Waals surface area contributed by atoms with Gasteiger partial charge in [0.25, 0.3) is 6.71 Å². The van der Waals surface area contributed by atoms with Crippen molar-refractivity contribution in [2.75, 3.05) is 0 Å². The molecule has 9 aromatic rings. The number of para-hydroxylation sites is 1. The van der Waals surface area contributed by atoms with Gasteiger partial charge < -0.3 is 9.47 Å². The maximum atomic E-state index is 13.3. The molecule has 0 N–H and O–H groups in total. The smallest absolute Gasteiger partial charge is 0.260 e. The minimum Gasteiger partial charge on any atom is -0.458 e. The van der Waals surface area contributed by atoms with Crippen LogP contribution in [0.3, 0.4) is 0 Å². The quantitative estimate of drug-likeness (QED) is 0.126. The first-order valence-corrected chi connectivity index (χ1v) is 22.9. The van der Waals surface area contributed by atoms with Gasteiger partial charge in [-0.15, -0.1) is 0 Å². The Morgan fingerprint density at radius 2 is 0.934 bits per heavy atom. The monoisotopic (exact) mass is 796 g/mol. The zero-order valence-corrected chi connectivity index (χ0v) is 34.2. The molecule has 0 saturated heterocycles. The highest BCUT2D eigenvalue weighted by molar-refractivity contribution is 7.20. The van der Waals surface area contributed by atoms with Crippen LogP contribution < -0.4 is 46.6 Å². The molecule has 0 unspecified atom stereocenters. The molecule has 12 rings (SSSR count). The number of carbonyl (C=O) groups is 1. The van der Waals surface area contributed by atoms with E-state index in [-0.39, 0.29) is 18.4 Å². The summed E-state index contributed by atoms with van der Waals surface area (Å²) in [6, 6.07) is 77.5. The Kier molecular flexibility index (Phi) is 8.19. The number of carbonyl (C=O) groups excluding carboxylic acids is 1. The van der Waals surface area contributed by atoms with Crippen LogP contribution >= 0.6 is 0 Å². The third-order valence-electron chi connectivity index (χ3n) is 13.0. The molecule has 0 atom stereocenters. The number of benzene rings is 9. The van der Waals surface area contributed by atoms with Crippen LogP contribution in [0.4, 0.5) is 0 Å². The van der Waals surface area contributed by atoms with Crippen LogP contribution in [-0.2, 0) is 0 Å². The molecule has 0 aliphatic carbocycles. The van der Waals surface area contributed by atoms with E-state index < -0.39 is 8.07 Å². The molecular formula is C56H37BO3Si. The molecule has 3 nitrogen and oxygen atoms in total. The van der Waals surface area contributed by atoms with Gasteiger partial charge in [-0.3, -0.25) is 4.79 Å². The third kappa shape index (κ3) is 5.47. The van der Waals surface area contributed by atoms with Gasteiger partial charge in [0.1, 0.15) is 23.0 Å². The summed E-state index contributed by atoms with van der Waals surface area (Å²) in [5.41, 5.74) is 10.4. The number of ether oxygens (including phenoxy) is 2. The number of ketones is 1. The Bertz CT molecular complexity index is 3080. The average molecular weight is 797 g/mol. The molecule has 9 aromatic carbocycles. The maximum absolute atomic E-state index is 13.3. The van der Waals surface area contributed by atoms with Crippen LogP contribution in [0.2, 0.25) is 0 Å². The van der Waals surface area contributed by atoms with E-state index in [9.17, 15) is 4.79 Å². The number of hydrogen-bond acceptors (Lipinski definition) is 3. The zero-order valence-electron chi connectivity index (χ0n) is 33.2. The lowest BCUT2D eigenvalue weighted by Gasteiger charge is -2.43. The van der Waals surface area contributed by atoms with Crippen LogP contribution in [0.1, 0.15) is 38.5 Å². The summed E-state index contributed by atoms with van der Waals surface area (Å²) < 4.78 is 13.8. The summed E-state index contributed by atoms with van der Waals surface area (Å²) in [7, 11) is -2.71. The fourth-order valence-corrected chi connectivity index (χ4v) is 15.7. The van der Waals surface area contributed by atoms with E-state index in [0.717, 1.165) is 50.5 Å². The van der Waals surface area contributed by atoms with Crippen LogP contribution in [0.25, 0.3) is 11.1 Å². The lowest BCUT2D eigenvalue weighted by Crippen LogP contribution is -2.77. The van der Waals surface area contributed by atoms with E-state index in [1.165, 1.54) is 37.4 Å². The minimum atomic E-state index is -2.71. The van der Waals surface area contributed by atoms with E-state index in [0.29, 0.717) is 11.1 Å². The molecule has 0 spiro atoms. The molecule has 3 heterocycles. The van der Waals surface area contributed by atoms with Crippen molar-refractivity contribution in [3.63, 3.8) is 0 Å². The van der Waals surface area contributed by atoms with Gasteiger partial charge in [0.15, 0.2) is 13.9 Å². The Morgan fingerprint density at radius 3 is 1.57 bits per heavy atom. The minimum absolute atomic E-state index is 0.00240. The molecule has 0 aromatic heterocycles. The molecule has 0 fully saturated rings. The van der Waals surface area contributed by atoms with Gasteiger partial charge in [-0.25, -0.2) is 0 Å². The normalized spacial score (nSPS) is 13.9. The summed E-state index contributed by atoms with van der Waals surface area (Å²) in [6.07, 6.45) is 0. The Morgan fingerprint density at radius 1 is 0.426 bits per heavy atom. The highest BCUT2D eigenvalue weighted by Gasteiger charge is 2.49. The molecule has 0 saturated carbocycles. The van der Waals surface area contributed by atoms with Crippen molar-refractivity contribution < 1.29 is 14.3 Å². The van der Waals surface area contributed by atoms with Crippen molar-refractivity contribution in [1.82, 2.24) is 0 Å². The van der Waals surface area contributed by atoms with Gasteiger partial charge in [-0.05, 0) is 83.8 Å². The summed E-state index contributed by atoms with van der Waals surface area (Å²) in [6.45, 7) is -0.0604. The Hall–Kier alpha value is -7.47. The first kappa shape index (κ1) is 35.5. The van der Waals surface area contributed by atoms with Gasteiger partial charge >= 0.3 is 0 Å². The third-order valence-corrected chi connectivity index (χ3v) is 18.0. The van der Waals surface area contributed by atoms with E-state index in [1.54, 1.807) is 0 Å². The van der Waals surface area contributed by atoms with Crippen molar-refractivity contribution in [3.8, 4) is 34.1 Å². The Balaban J connectivity index is 1.00. The van der Waals surface area contributed by atoms with E-state index in [2.05, 4.69) is 158 Å². The second kappa shape index (κ2) is 14.1. The summed E-state index contributed by atoms with van der Waals surface area (Å²) in [5.74, 6) is 3.27. The van der Waals surface area contributed by atoms with Gasteiger partial charge in [-0.2, -0.15) is 0 Å². The first-order valence-electron chi connectivity index (χ1n) is 20.9. The molecule has 5 heteroatoms. The van der Waals surface area contributed by atoms with E-state index in [1.807, 2.05) is 60.7 Å². The summed E-state index contributed by atoms with van der Waals surface area (Å²) >= 11 is 0. The van der Waals surface area contributed by atoms with Gasteiger partial charge in [0, 0.05) is 22.5 Å². The molecule has 0 radical (unpaired) electrons. The lowest BCUT2D eigenvalue weighted by atomic mass is 9.35. The van der Waals surface area contributed by atoms with Crippen LogP contribution in [0, 0.1) is 0 Å². The second-order valence-corrected chi connectivity index (χ2v) is 20.0. The predicted molar refractivity (Wildman–Crippen MR) is 250 cm³/mol. The Labute approximate surface area is 356 Å². The van der Waals surface area contributed by atoms with Crippen molar-refractivity contribution in [3.05, 3.63) is 246 Å². The SMILES string of the molecule is O=C(c1ccccc1)c1ccc(-c2cc3c4c(c2)Oc2cc(C5c6ccccc6[Si](c6ccccc6)(c6ccccc6)c6ccccc65)ccc2B4c2ccccc2O3)cc1. The van der Waals surface area contributed by atoms with Crippen molar-refractivity contribution >= 4 is 57.7 Å². The fraction of sp³-hybridized carbons (Fsp3) is 0.0179. The second-order valence-electron chi connectivity index (χ2n) is 16.2. The molecule has 0 bridgehead atoms. The first-order chi connectivity index (χ1) is 30.2. The maximum Gasteiger partial charge on any atom is 0.260 e. The molecule has 3 aliphatic rings. The lowest BCUT2D eigenvalue weighted by molar-refractivity contribution is 0.103. The fourth-order valence-electron chi connectivity index (χ4n) is 10.4. The zero-order chi connectivity index (χ0) is 40.5. The highest BCUT2D eigenvalue weighted by Crippen LogP contribution is 2.41. The highest BCUT2D eigenvalue weighted by atomic mass is 28.3. The molecule has 3 aliphatic heterocycles. The van der Waals surface area contributed by atoms with Gasteiger partial charge in [0.05, 0.1) is 0 Å². The van der Waals surface area contributed by atoms with Crippen molar-refractivity contribution in [2.45, 2.75) is 5.92 Å². The largest absolute Gasteiger partial charge is 0.458 e.